The molecule has 3 aromatic rings. The van der Waals surface area contributed by atoms with Gasteiger partial charge in [-0.1, -0.05) is 53.4 Å². The van der Waals surface area contributed by atoms with Crippen LogP contribution in [0.3, 0.4) is 0 Å². The standard InChI is InChI=1S/C42H54N8O6/c1-25(2)35(47(7)41(53)55-9)39(51)49-23-27(5)19-33(49)37-43-21-31(45-37)17-15-29-11-13-30(14-12-29)16-18-32-22-44-38(46-32)34-20-28(6)24-50(34)40(52)36(26(3)4)48(8)42(54)56-10/h11-14,21-22,25-28,33-36H,19-20,23-24H2,1-10H3,(H,43,45)(H,44,46). The molecule has 14 nitrogen and oxygen atoms in total. The van der Waals surface area contributed by atoms with Crippen molar-refractivity contribution in [3.05, 3.63) is 70.8 Å². The summed E-state index contributed by atoms with van der Waals surface area (Å²) in [7, 11) is 5.80. The molecule has 5 rings (SSSR count). The zero-order valence-corrected chi connectivity index (χ0v) is 34.0. The molecule has 2 aromatic heterocycles. The van der Waals surface area contributed by atoms with Crippen molar-refractivity contribution in [2.75, 3.05) is 41.4 Å². The molecular weight excluding hydrogens is 713 g/mol. The quantitative estimate of drug-likeness (QED) is 0.297. The summed E-state index contributed by atoms with van der Waals surface area (Å²) in [6.45, 7) is 13.0. The molecule has 1 aromatic carbocycles. The van der Waals surface area contributed by atoms with Gasteiger partial charge in [0.15, 0.2) is 0 Å². The van der Waals surface area contributed by atoms with Gasteiger partial charge in [-0.15, -0.1) is 0 Å². The molecule has 0 spiro atoms. The molecule has 6 unspecified atom stereocenters. The molecule has 2 N–H and O–H groups in total. The van der Waals surface area contributed by atoms with E-state index in [-0.39, 0.29) is 47.6 Å². The van der Waals surface area contributed by atoms with E-state index in [1.54, 1.807) is 26.5 Å². The molecule has 4 amide bonds. The molecule has 2 saturated heterocycles. The van der Waals surface area contributed by atoms with Gasteiger partial charge in [0.2, 0.25) is 11.8 Å². The van der Waals surface area contributed by atoms with Gasteiger partial charge in [0.25, 0.3) is 0 Å². The number of nitrogens with one attached hydrogen (secondary N) is 2. The first-order valence-corrected chi connectivity index (χ1v) is 19.1. The number of carbonyl (C=O) groups excluding carboxylic acids is 4. The van der Waals surface area contributed by atoms with Crippen LogP contribution in [0, 0.1) is 47.4 Å². The number of ether oxygens (including phenoxy) is 2. The highest BCUT2D eigenvalue weighted by atomic mass is 16.5. The number of nitrogens with zero attached hydrogens (tertiary/aromatic N) is 6. The summed E-state index contributed by atoms with van der Waals surface area (Å²) in [5, 5.41) is 0. The molecule has 4 heterocycles. The molecule has 56 heavy (non-hydrogen) atoms. The fraction of sp³-hybridized carbons (Fsp3) is 0.524. The van der Waals surface area contributed by atoms with Crippen LogP contribution >= 0.6 is 0 Å². The number of methoxy groups -OCH3 is 2. The van der Waals surface area contributed by atoms with Crippen LogP contribution in [0.15, 0.2) is 36.7 Å². The topological polar surface area (TPSA) is 157 Å². The largest absolute Gasteiger partial charge is 0.453 e. The average Bonchev–Trinajstić information content (AvgIpc) is 3.99. The lowest BCUT2D eigenvalue weighted by Gasteiger charge is -2.34. The summed E-state index contributed by atoms with van der Waals surface area (Å²) >= 11 is 0. The lowest BCUT2D eigenvalue weighted by Crippen LogP contribution is -2.52. The van der Waals surface area contributed by atoms with Crippen LogP contribution in [0.25, 0.3) is 0 Å². The molecule has 2 fully saturated rings. The molecule has 6 atom stereocenters. The van der Waals surface area contributed by atoms with Crippen LogP contribution in [-0.4, -0.2) is 117 Å². The van der Waals surface area contributed by atoms with E-state index in [9.17, 15) is 19.2 Å². The number of rotatable bonds is 8. The summed E-state index contributed by atoms with van der Waals surface area (Å²) in [4.78, 5) is 74.4. The number of likely N-dealkylation sites (tertiary alicyclic amines) is 2. The van der Waals surface area contributed by atoms with E-state index in [2.05, 4.69) is 57.5 Å². The van der Waals surface area contributed by atoms with Gasteiger partial charge < -0.3 is 29.2 Å². The maximum atomic E-state index is 13.8. The molecule has 0 bridgehead atoms. The summed E-state index contributed by atoms with van der Waals surface area (Å²) < 4.78 is 9.79. The van der Waals surface area contributed by atoms with E-state index in [0.29, 0.717) is 36.1 Å². The Labute approximate surface area is 329 Å². The Balaban J connectivity index is 1.24. The Bertz CT molecular complexity index is 1870. The number of aromatic amines is 2. The molecule has 0 saturated carbocycles. The van der Waals surface area contributed by atoms with Gasteiger partial charge in [-0.3, -0.25) is 19.4 Å². The van der Waals surface area contributed by atoms with Crippen LogP contribution in [0.1, 0.15) is 101 Å². The molecule has 298 valence electrons. The Morgan fingerprint density at radius 2 is 1.04 bits per heavy atom. The number of amides is 4. The normalized spacial score (nSPS) is 20.1. The molecule has 0 radical (unpaired) electrons. The maximum Gasteiger partial charge on any atom is 0.409 e. The van der Waals surface area contributed by atoms with Gasteiger partial charge >= 0.3 is 12.2 Å². The van der Waals surface area contributed by atoms with Gasteiger partial charge in [-0.2, -0.15) is 0 Å². The number of H-pyrrole nitrogens is 2. The van der Waals surface area contributed by atoms with Crippen molar-refractivity contribution in [2.24, 2.45) is 23.7 Å². The number of carbonyl (C=O) groups is 4. The van der Waals surface area contributed by atoms with E-state index < -0.39 is 24.3 Å². The molecule has 0 aliphatic carbocycles. The van der Waals surface area contributed by atoms with E-state index in [4.69, 9.17) is 9.47 Å². The summed E-state index contributed by atoms with van der Waals surface area (Å²) in [6, 6.07) is 5.75. The first-order valence-electron chi connectivity index (χ1n) is 19.1. The minimum Gasteiger partial charge on any atom is -0.453 e. The van der Waals surface area contributed by atoms with Crippen molar-refractivity contribution >= 4 is 24.0 Å². The van der Waals surface area contributed by atoms with Crippen LogP contribution in [0.4, 0.5) is 9.59 Å². The van der Waals surface area contributed by atoms with Crippen molar-refractivity contribution in [2.45, 2.75) is 78.6 Å². The average molecular weight is 767 g/mol. The van der Waals surface area contributed by atoms with Crippen LogP contribution in [0.5, 0.6) is 0 Å². The fourth-order valence-electron chi connectivity index (χ4n) is 7.80. The lowest BCUT2D eigenvalue weighted by molar-refractivity contribution is -0.139. The van der Waals surface area contributed by atoms with Gasteiger partial charge in [-0.05, 0) is 72.6 Å². The van der Waals surface area contributed by atoms with Crippen LogP contribution in [-0.2, 0) is 19.1 Å². The zero-order chi connectivity index (χ0) is 40.8. The fourth-order valence-corrected chi connectivity index (χ4v) is 7.80. The number of aromatic nitrogens is 4. The minimum atomic E-state index is -0.662. The minimum absolute atomic E-state index is 0.111. The van der Waals surface area contributed by atoms with Gasteiger partial charge in [-0.25, -0.2) is 19.6 Å². The highest BCUT2D eigenvalue weighted by Crippen LogP contribution is 2.37. The molecular formula is C42H54N8O6. The number of hydrogen-bond donors (Lipinski definition) is 2. The van der Waals surface area contributed by atoms with Gasteiger partial charge in [0.1, 0.15) is 35.1 Å². The first-order chi connectivity index (χ1) is 26.6. The predicted octanol–water partition coefficient (Wildman–Crippen LogP) is 5.20. The van der Waals surface area contributed by atoms with Crippen LogP contribution < -0.4 is 0 Å². The second-order valence-corrected chi connectivity index (χ2v) is 15.7. The highest BCUT2D eigenvalue weighted by Gasteiger charge is 2.43. The smallest absolute Gasteiger partial charge is 0.409 e. The number of imidazole rings is 2. The molecule has 14 heteroatoms. The zero-order valence-electron chi connectivity index (χ0n) is 34.0. The monoisotopic (exact) mass is 766 g/mol. The van der Waals surface area contributed by atoms with E-state index in [1.807, 2.05) is 61.8 Å². The number of likely N-dealkylation sites (N-methyl/N-ethyl adjacent to an activating group) is 2. The van der Waals surface area contributed by atoms with E-state index in [0.717, 1.165) is 24.0 Å². The van der Waals surface area contributed by atoms with E-state index >= 15 is 0 Å². The summed E-state index contributed by atoms with van der Waals surface area (Å²) in [6.07, 6.45) is 3.74. The third-order valence-corrected chi connectivity index (χ3v) is 10.5. The predicted molar refractivity (Wildman–Crippen MR) is 210 cm³/mol. The Hall–Kier alpha value is -5.76. The van der Waals surface area contributed by atoms with E-state index in [1.165, 1.54) is 24.0 Å². The Kier molecular flexibility index (Phi) is 13.2. The number of hydrogen-bond acceptors (Lipinski definition) is 8. The Morgan fingerprint density at radius 3 is 1.36 bits per heavy atom. The third kappa shape index (κ3) is 9.19. The van der Waals surface area contributed by atoms with Crippen LogP contribution in [0.2, 0.25) is 0 Å². The Morgan fingerprint density at radius 1 is 0.679 bits per heavy atom. The van der Waals surface area contributed by atoms with Gasteiger partial charge in [0, 0.05) is 38.3 Å². The second-order valence-electron chi connectivity index (χ2n) is 15.7. The SMILES string of the molecule is COC(=O)N(C)C(C(=O)N1CC(C)CC1c1ncc(C#Cc2ccc(C#Cc3cnc(C4CC(C)CN4C(=O)C(C(C)C)N(C)C(=O)OC)[nH]3)cc2)[nH]1)C(C)C. The third-order valence-electron chi connectivity index (χ3n) is 10.5. The summed E-state index contributed by atoms with van der Waals surface area (Å²) in [5.41, 5.74) is 2.85. The molecule has 2 aliphatic heterocycles. The summed E-state index contributed by atoms with van der Waals surface area (Å²) in [5.74, 6) is 14.0. The van der Waals surface area contributed by atoms with Crippen molar-refractivity contribution < 1.29 is 28.7 Å². The number of benzene rings is 1. The first kappa shape index (κ1) is 41.4. The van der Waals surface area contributed by atoms with Crippen molar-refractivity contribution in [3.63, 3.8) is 0 Å². The lowest BCUT2D eigenvalue weighted by atomic mass is 10.0. The second kappa shape index (κ2) is 17.8. The van der Waals surface area contributed by atoms with Gasteiger partial charge in [0.05, 0.1) is 38.7 Å². The van der Waals surface area contributed by atoms with Crippen molar-refractivity contribution in [1.82, 2.24) is 39.5 Å². The highest BCUT2D eigenvalue weighted by molar-refractivity contribution is 5.87. The molecule has 2 aliphatic rings. The maximum absolute atomic E-state index is 13.8. The van der Waals surface area contributed by atoms with Crippen molar-refractivity contribution in [1.29, 1.82) is 0 Å². The van der Waals surface area contributed by atoms with Crippen molar-refractivity contribution in [3.8, 4) is 23.7 Å².